The molecule has 0 bridgehead atoms. The summed E-state index contributed by atoms with van der Waals surface area (Å²) in [5, 5.41) is 2.67. The van der Waals surface area contributed by atoms with Crippen LogP contribution < -0.4 is 14.4 Å². The minimum Gasteiger partial charge on any atom is -0.492 e. The van der Waals surface area contributed by atoms with E-state index in [2.05, 4.69) is 5.32 Å². The summed E-state index contributed by atoms with van der Waals surface area (Å²) in [5.74, 6) is -0.558. The summed E-state index contributed by atoms with van der Waals surface area (Å²) in [6, 6.07) is 10.7. The van der Waals surface area contributed by atoms with Gasteiger partial charge in [0.25, 0.3) is 0 Å². The molecule has 0 aliphatic rings. The monoisotopic (exact) mass is 412 g/mol. The molecule has 0 unspecified atom stereocenters. The standard InChI is InChI=1S/C19H22F2N2O4S/c1-28(25,26)23(17-8-4-15(20)5-9-17)13-2-3-19(24)22-12-14-27-18-10-6-16(21)7-11-18/h4-11H,2-3,12-14H2,1H3,(H,22,24). The summed E-state index contributed by atoms with van der Waals surface area (Å²) in [6.45, 7) is 0.594. The molecule has 0 saturated heterocycles. The molecule has 1 N–H and O–H groups in total. The zero-order chi connectivity index (χ0) is 20.6. The average Bonchev–Trinajstić information content (AvgIpc) is 2.64. The summed E-state index contributed by atoms with van der Waals surface area (Å²) < 4.78 is 56.2. The van der Waals surface area contributed by atoms with Gasteiger partial charge in [0.05, 0.1) is 18.5 Å². The maximum atomic E-state index is 13.0. The first-order chi connectivity index (χ1) is 13.3. The number of ether oxygens (including phenoxy) is 1. The topological polar surface area (TPSA) is 75.7 Å². The molecule has 1 amide bonds. The Morgan fingerprint density at radius 2 is 1.61 bits per heavy atom. The van der Waals surface area contributed by atoms with Gasteiger partial charge in [-0.3, -0.25) is 9.10 Å². The van der Waals surface area contributed by atoms with Crippen LogP contribution in [0.1, 0.15) is 12.8 Å². The van der Waals surface area contributed by atoms with Crippen LogP contribution in [0.5, 0.6) is 5.75 Å². The van der Waals surface area contributed by atoms with E-state index in [9.17, 15) is 22.0 Å². The van der Waals surface area contributed by atoms with Crippen molar-refractivity contribution in [3.05, 3.63) is 60.2 Å². The molecule has 0 saturated carbocycles. The predicted octanol–water partition coefficient (Wildman–Crippen LogP) is 2.71. The SMILES string of the molecule is CS(=O)(=O)N(CCCC(=O)NCCOc1ccc(F)cc1)c1ccc(F)cc1. The third-order valence-corrected chi connectivity index (χ3v) is 4.98. The van der Waals surface area contributed by atoms with Crippen LogP contribution in [-0.4, -0.2) is 40.3 Å². The van der Waals surface area contributed by atoms with E-state index in [0.717, 1.165) is 10.6 Å². The summed E-state index contributed by atoms with van der Waals surface area (Å²) in [4.78, 5) is 11.9. The van der Waals surface area contributed by atoms with E-state index in [1.165, 1.54) is 48.5 Å². The van der Waals surface area contributed by atoms with Crippen LogP contribution in [0.3, 0.4) is 0 Å². The molecule has 0 spiro atoms. The quantitative estimate of drug-likeness (QED) is 0.609. The van der Waals surface area contributed by atoms with Gasteiger partial charge in [0.2, 0.25) is 15.9 Å². The largest absolute Gasteiger partial charge is 0.492 e. The highest BCUT2D eigenvalue weighted by Gasteiger charge is 2.17. The number of carbonyl (C=O) groups excluding carboxylic acids is 1. The molecule has 0 atom stereocenters. The second-order valence-electron chi connectivity index (χ2n) is 6.07. The van der Waals surface area contributed by atoms with Crippen LogP contribution in [0.15, 0.2) is 48.5 Å². The highest BCUT2D eigenvalue weighted by Crippen LogP contribution is 2.18. The van der Waals surface area contributed by atoms with Crippen LogP contribution in [0.2, 0.25) is 0 Å². The van der Waals surface area contributed by atoms with Gasteiger partial charge in [-0.25, -0.2) is 17.2 Å². The second kappa shape index (κ2) is 10.0. The summed E-state index contributed by atoms with van der Waals surface area (Å²) in [5.41, 5.74) is 0.344. The molecule has 0 heterocycles. The van der Waals surface area contributed by atoms with Gasteiger partial charge >= 0.3 is 0 Å². The van der Waals surface area contributed by atoms with Crippen molar-refractivity contribution in [2.24, 2.45) is 0 Å². The Morgan fingerprint density at radius 3 is 2.18 bits per heavy atom. The Morgan fingerprint density at radius 1 is 1.04 bits per heavy atom. The molecule has 9 heteroatoms. The van der Waals surface area contributed by atoms with E-state index in [1.807, 2.05) is 0 Å². The van der Waals surface area contributed by atoms with Crippen molar-refractivity contribution in [3.8, 4) is 5.75 Å². The van der Waals surface area contributed by atoms with Gasteiger partial charge in [-0.15, -0.1) is 0 Å². The van der Waals surface area contributed by atoms with Crippen molar-refractivity contribution in [3.63, 3.8) is 0 Å². The number of rotatable bonds is 10. The molecule has 2 rings (SSSR count). The molecule has 152 valence electrons. The predicted molar refractivity (Wildman–Crippen MR) is 103 cm³/mol. The molecule has 0 radical (unpaired) electrons. The molecule has 6 nitrogen and oxygen atoms in total. The van der Waals surface area contributed by atoms with Gasteiger partial charge in [-0.1, -0.05) is 0 Å². The number of hydrogen-bond donors (Lipinski definition) is 1. The maximum Gasteiger partial charge on any atom is 0.232 e. The van der Waals surface area contributed by atoms with Gasteiger partial charge in [0, 0.05) is 13.0 Å². The smallest absolute Gasteiger partial charge is 0.232 e. The fourth-order valence-electron chi connectivity index (χ4n) is 2.46. The lowest BCUT2D eigenvalue weighted by Crippen LogP contribution is -2.32. The van der Waals surface area contributed by atoms with Crippen molar-refractivity contribution < 1.29 is 26.7 Å². The van der Waals surface area contributed by atoms with Crippen LogP contribution in [-0.2, 0) is 14.8 Å². The molecule has 2 aromatic rings. The molecule has 0 aliphatic heterocycles. The van der Waals surface area contributed by atoms with Crippen LogP contribution in [0.4, 0.5) is 14.5 Å². The number of halogens is 2. The Balaban J connectivity index is 1.73. The highest BCUT2D eigenvalue weighted by atomic mass is 32.2. The summed E-state index contributed by atoms with van der Waals surface area (Å²) in [6.07, 6.45) is 1.49. The third-order valence-electron chi connectivity index (χ3n) is 3.79. The van der Waals surface area contributed by atoms with Crippen LogP contribution >= 0.6 is 0 Å². The first-order valence-corrected chi connectivity index (χ1v) is 10.5. The first-order valence-electron chi connectivity index (χ1n) is 8.64. The summed E-state index contributed by atoms with van der Waals surface area (Å²) in [7, 11) is -3.55. The number of nitrogens with one attached hydrogen (secondary N) is 1. The molecule has 0 fully saturated rings. The van der Waals surface area contributed by atoms with Crippen molar-refractivity contribution in [1.82, 2.24) is 5.32 Å². The number of benzene rings is 2. The lowest BCUT2D eigenvalue weighted by Gasteiger charge is -2.22. The number of nitrogens with zero attached hydrogens (tertiary/aromatic N) is 1. The Kier molecular flexibility index (Phi) is 7.74. The zero-order valence-electron chi connectivity index (χ0n) is 15.4. The Hall–Kier alpha value is -2.68. The van der Waals surface area contributed by atoms with E-state index >= 15 is 0 Å². The molecular formula is C19H22F2N2O4S. The maximum absolute atomic E-state index is 13.0. The number of anilines is 1. The number of hydrogen-bond acceptors (Lipinski definition) is 4. The van der Waals surface area contributed by atoms with Crippen LogP contribution in [0, 0.1) is 11.6 Å². The average molecular weight is 412 g/mol. The van der Waals surface area contributed by atoms with Crippen molar-refractivity contribution in [2.45, 2.75) is 12.8 Å². The lowest BCUT2D eigenvalue weighted by atomic mass is 10.2. The molecule has 2 aromatic carbocycles. The minimum atomic E-state index is -3.55. The van der Waals surface area contributed by atoms with Gasteiger partial charge in [0.1, 0.15) is 24.0 Å². The summed E-state index contributed by atoms with van der Waals surface area (Å²) >= 11 is 0. The molecular weight excluding hydrogens is 390 g/mol. The van der Waals surface area contributed by atoms with Gasteiger partial charge < -0.3 is 10.1 Å². The Labute approximate surface area is 163 Å². The van der Waals surface area contributed by atoms with Crippen molar-refractivity contribution >= 4 is 21.6 Å². The fourth-order valence-corrected chi connectivity index (χ4v) is 3.42. The number of amides is 1. The first kappa shape index (κ1) is 21.6. The van der Waals surface area contributed by atoms with Crippen LogP contribution in [0.25, 0.3) is 0 Å². The highest BCUT2D eigenvalue weighted by molar-refractivity contribution is 7.92. The third kappa shape index (κ3) is 7.15. The van der Waals surface area contributed by atoms with E-state index in [0.29, 0.717) is 17.9 Å². The van der Waals surface area contributed by atoms with Gasteiger partial charge in [0.15, 0.2) is 0 Å². The second-order valence-corrected chi connectivity index (χ2v) is 7.97. The minimum absolute atomic E-state index is 0.101. The van der Waals surface area contributed by atoms with E-state index in [4.69, 9.17) is 4.74 Å². The van der Waals surface area contributed by atoms with Gasteiger partial charge in [-0.2, -0.15) is 0 Å². The van der Waals surface area contributed by atoms with E-state index in [1.54, 1.807) is 0 Å². The number of sulfonamides is 1. The normalized spacial score (nSPS) is 11.1. The van der Waals surface area contributed by atoms with E-state index < -0.39 is 15.8 Å². The lowest BCUT2D eigenvalue weighted by molar-refractivity contribution is -0.121. The fraction of sp³-hybridized carbons (Fsp3) is 0.316. The zero-order valence-corrected chi connectivity index (χ0v) is 16.2. The molecule has 0 aliphatic carbocycles. The van der Waals surface area contributed by atoms with Crippen molar-refractivity contribution in [1.29, 1.82) is 0 Å². The van der Waals surface area contributed by atoms with E-state index in [-0.39, 0.29) is 37.8 Å². The van der Waals surface area contributed by atoms with Gasteiger partial charge in [-0.05, 0) is 55.0 Å². The Bertz CT molecular complexity index is 872. The van der Waals surface area contributed by atoms with Crippen molar-refractivity contribution in [2.75, 3.05) is 30.3 Å². The molecule has 0 aromatic heterocycles. The number of carbonyl (C=O) groups is 1. The molecule has 28 heavy (non-hydrogen) atoms.